The second-order valence-electron chi connectivity index (χ2n) is 6.25. The number of unbranched alkanes of at least 4 members (excludes halogenated alkanes) is 9. The van der Waals surface area contributed by atoms with Crippen LogP contribution < -0.4 is 0 Å². The monoisotopic (exact) mass is 408 g/mol. The lowest BCUT2D eigenvalue weighted by Crippen LogP contribution is -2.26. The van der Waals surface area contributed by atoms with E-state index in [9.17, 15) is 0 Å². The highest BCUT2D eigenvalue weighted by Crippen LogP contribution is 2.12. The quantitative estimate of drug-likeness (QED) is 0.273. The predicted molar refractivity (Wildman–Crippen MR) is 105 cm³/mol. The Bertz CT molecular complexity index is 243. The normalized spacial score (nSPS) is 13.8. The number of hydrogen-bond donors (Lipinski definition) is 0. The van der Waals surface area contributed by atoms with Crippen LogP contribution in [0.4, 0.5) is 0 Å². The van der Waals surface area contributed by atoms with Crippen molar-refractivity contribution in [2.45, 2.75) is 84.5 Å². The van der Waals surface area contributed by atoms with Crippen molar-refractivity contribution in [1.82, 2.24) is 9.80 Å². The molecule has 0 amide bonds. The Morgan fingerprint density at radius 3 is 1.62 bits per heavy atom. The third-order valence-corrected chi connectivity index (χ3v) is 4.16. The molecule has 3 heteroatoms. The summed E-state index contributed by atoms with van der Waals surface area (Å²) < 4.78 is 0. The number of hydrogen-bond acceptors (Lipinski definition) is 2. The second-order valence-corrected chi connectivity index (χ2v) is 6.25. The Morgan fingerprint density at radius 1 is 0.619 bits per heavy atom. The maximum Gasteiger partial charge on any atom is 0.0893 e. The van der Waals surface area contributed by atoms with E-state index in [-0.39, 0.29) is 24.0 Å². The van der Waals surface area contributed by atoms with Crippen LogP contribution in [0.5, 0.6) is 0 Å². The Morgan fingerprint density at radius 2 is 1.10 bits per heavy atom. The van der Waals surface area contributed by atoms with Gasteiger partial charge in [-0.2, -0.15) is 0 Å². The average molecular weight is 408 g/mol. The maximum absolute atomic E-state index is 2.46. The van der Waals surface area contributed by atoms with E-state index in [1.165, 1.54) is 83.7 Å². The number of halogens is 1. The summed E-state index contributed by atoms with van der Waals surface area (Å²) in [4.78, 5) is 4.87. The van der Waals surface area contributed by atoms with Crippen molar-refractivity contribution >= 4 is 24.0 Å². The molecule has 0 atom stereocenters. The fourth-order valence-electron chi connectivity index (χ4n) is 2.90. The van der Waals surface area contributed by atoms with Gasteiger partial charge in [0.2, 0.25) is 0 Å². The van der Waals surface area contributed by atoms with Gasteiger partial charge in [-0.25, -0.2) is 0 Å². The summed E-state index contributed by atoms with van der Waals surface area (Å²) in [6.45, 7) is 8.10. The van der Waals surface area contributed by atoms with Gasteiger partial charge in [0, 0.05) is 25.5 Å². The molecule has 1 rings (SSSR count). The highest BCUT2D eigenvalue weighted by atomic mass is 127. The molecule has 0 aliphatic carbocycles. The molecule has 0 aromatic carbocycles. The second kappa shape index (κ2) is 15.0. The minimum absolute atomic E-state index is 0. The highest BCUT2D eigenvalue weighted by Gasteiger charge is 2.09. The summed E-state index contributed by atoms with van der Waals surface area (Å²) in [5.41, 5.74) is 0. The van der Waals surface area contributed by atoms with E-state index >= 15 is 0 Å². The van der Waals surface area contributed by atoms with Gasteiger partial charge in [-0.1, -0.05) is 71.6 Å². The third-order valence-electron chi connectivity index (χ3n) is 4.16. The Balaban J connectivity index is 0.00000400. The first-order valence-corrected chi connectivity index (χ1v) is 9.03. The van der Waals surface area contributed by atoms with Crippen LogP contribution in [0.25, 0.3) is 0 Å². The summed E-state index contributed by atoms with van der Waals surface area (Å²) in [5, 5.41) is 0. The minimum Gasteiger partial charge on any atom is -0.359 e. The fourth-order valence-corrected chi connectivity index (χ4v) is 2.90. The molecular weight excluding hydrogens is 371 g/mol. The lowest BCUT2D eigenvalue weighted by molar-refractivity contribution is 0.261. The standard InChI is InChI=1S/C18H36N2.HI/c1-3-5-6-7-8-9-10-11-12-13-15-20-17-16-19(18-20)14-4-2;/h16-17H,3-15,18H2,1-2H3;1H. The number of rotatable bonds is 13. The molecule has 1 aliphatic rings. The van der Waals surface area contributed by atoms with E-state index in [1.54, 1.807) is 0 Å². The molecule has 0 radical (unpaired) electrons. The topological polar surface area (TPSA) is 6.48 Å². The van der Waals surface area contributed by atoms with Crippen molar-refractivity contribution in [3.8, 4) is 0 Å². The largest absolute Gasteiger partial charge is 0.359 e. The lowest BCUT2D eigenvalue weighted by atomic mass is 10.1. The van der Waals surface area contributed by atoms with Crippen molar-refractivity contribution in [2.75, 3.05) is 19.8 Å². The molecule has 0 saturated heterocycles. The van der Waals surface area contributed by atoms with Crippen molar-refractivity contribution in [2.24, 2.45) is 0 Å². The van der Waals surface area contributed by atoms with Crippen molar-refractivity contribution in [1.29, 1.82) is 0 Å². The lowest BCUT2D eigenvalue weighted by Gasteiger charge is -2.20. The van der Waals surface area contributed by atoms with Crippen molar-refractivity contribution < 1.29 is 0 Å². The molecule has 0 saturated carbocycles. The first-order chi connectivity index (χ1) is 9.86. The Labute approximate surface area is 150 Å². The zero-order valence-corrected chi connectivity index (χ0v) is 16.7. The van der Waals surface area contributed by atoms with Crippen LogP contribution >= 0.6 is 24.0 Å². The summed E-state index contributed by atoms with van der Waals surface area (Å²) >= 11 is 0. The first kappa shape index (κ1) is 21.1. The summed E-state index contributed by atoms with van der Waals surface area (Å²) in [6, 6.07) is 0. The van der Waals surface area contributed by atoms with E-state index in [0.717, 1.165) is 6.67 Å². The SMILES string of the molecule is CCCCCCCCCCCCN1C=CN(CCC)C1.I. The van der Waals surface area contributed by atoms with Gasteiger partial charge in [-0.15, -0.1) is 24.0 Å². The predicted octanol–water partition coefficient (Wildman–Crippen LogP) is 5.98. The minimum atomic E-state index is 0. The van der Waals surface area contributed by atoms with Crippen molar-refractivity contribution in [3.63, 3.8) is 0 Å². The van der Waals surface area contributed by atoms with E-state index in [2.05, 4.69) is 36.0 Å². The molecule has 0 bridgehead atoms. The zero-order valence-electron chi connectivity index (χ0n) is 14.4. The van der Waals surface area contributed by atoms with Crippen LogP contribution in [0.15, 0.2) is 12.4 Å². The summed E-state index contributed by atoms with van der Waals surface area (Å²) in [7, 11) is 0. The van der Waals surface area contributed by atoms with Gasteiger partial charge in [-0.05, 0) is 12.8 Å². The molecule has 0 unspecified atom stereocenters. The van der Waals surface area contributed by atoms with Crippen LogP contribution in [0.2, 0.25) is 0 Å². The van der Waals surface area contributed by atoms with Crippen LogP contribution in [0.3, 0.4) is 0 Å². The Kier molecular flexibility index (Phi) is 15.0. The molecule has 0 aromatic rings. The maximum atomic E-state index is 2.46. The van der Waals surface area contributed by atoms with Gasteiger partial charge in [-0.3, -0.25) is 0 Å². The Hall–Kier alpha value is 0.0700. The van der Waals surface area contributed by atoms with E-state index < -0.39 is 0 Å². The van der Waals surface area contributed by atoms with Gasteiger partial charge in [0.25, 0.3) is 0 Å². The van der Waals surface area contributed by atoms with E-state index in [0.29, 0.717) is 0 Å². The van der Waals surface area contributed by atoms with Crippen molar-refractivity contribution in [3.05, 3.63) is 12.4 Å². The molecule has 0 aromatic heterocycles. The molecule has 1 heterocycles. The van der Waals surface area contributed by atoms with Gasteiger partial charge < -0.3 is 9.80 Å². The highest BCUT2D eigenvalue weighted by molar-refractivity contribution is 14.0. The smallest absolute Gasteiger partial charge is 0.0893 e. The van der Waals surface area contributed by atoms with Gasteiger partial charge in [0.1, 0.15) is 0 Å². The number of nitrogens with zero attached hydrogens (tertiary/aromatic N) is 2. The van der Waals surface area contributed by atoms with E-state index in [4.69, 9.17) is 0 Å². The molecule has 0 fully saturated rings. The zero-order chi connectivity index (χ0) is 14.5. The van der Waals surface area contributed by atoms with E-state index in [1.807, 2.05) is 0 Å². The van der Waals surface area contributed by atoms with Gasteiger partial charge in [0.05, 0.1) is 6.67 Å². The molecular formula is C18H37IN2. The van der Waals surface area contributed by atoms with Gasteiger partial charge in [0.15, 0.2) is 0 Å². The summed E-state index contributed by atoms with van der Waals surface area (Å²) in [6.07, 6.45) is 20.0. The molecule has 0 N–H and O–H groups in total. The first-order valence-electron chi connectivity index (χ1n) is 9.03. The van der Waals surface area contributed by atoms with Crippen LogP contribution in [-0.2, 0) is 0 Å². The van der Waals surface area contributed by atoms with Crippen LogP contribution in [0.1, 0.15) is 84.5 Å². The molecule has 2 nitrogen and oxygen atoms in total. The van der Waals surface area contributed by atoms with Crippen LogP contribution in [0, 0.1) is 0 Å². The average Bonchev–Trinajstić information content (AvgIpc) is 2.89. The fraction of sp³-hybridized carbons (Fsp3) is 0.889. The molecule has 0 spiro atoms. The molecule has 126 valence electrons. The third kappa shape index (κ3) is 11.3. The summed E-state index contributed by atoms with van der Waals surface area (Å²) in [5.74, 6) is 0. The van der Waals surface area contributed by atoms with Crippen LogP contribution in [-0.4, -0.2) is 29.6 Å². The molecule has 1 aliphatic heterocycles. The van der Waals surface area contributed by atoms with Gasteiger partial charge >= 0.3 is 0 Å². The molecule has 21 heavy (non-hydrogen) atoms.